The van der Waals surface area contributed by atoms with E-state index in [1.807, 2.05) is 0 Å². The highest BCUT2D eigenvalue weighted by molar-refractivity contribution is 8.02. The fourth-order valence-corrected chi connectivity index (χ4v) is 8.94. The van der Waals surface area contributed by atoms with E-state index in [1.165, 1.54) is 11.0 Å². The maximum absolute atomic E-state index is 13.6. The first kappa shape index (κ1) is 40.3. The minimum atomic E-state index is -2.04. The van der Waals surface area contributed by atoms with Crippen LogP contribution in [-0.4, -0.2) is 135 Å². The lowest BCUT2D eigenvalue weighted by molar-refractivity contribution is -0.154. The molecule has 56 heavy (non-hydrogen) atoms. The molecule has 0 radical (unpaired) electrons. The molecule has 21 nitrogen and oxygen atoms in total. The van der Waals surface area contributed by atoms with E-state index in [-0.39, 0.29) is 71.1 Å². The molecular formula is C31H30Cl2N8O13S2. The molecule has 4 aliphatic rings. The van der Waals surface area contributed by atoms with Crippen LogP contribution in [0.25, 0.3) is 0 Å². The number of aromatic hydroxyl groups is 2. The van der Waals surface area contributed by atoms with Crippen LogP contribution in [0.4, 0.5) is 9.93 Å². The van der Waals surface area contributed by atoms with Crippen LogP contribution >= 0.6 is 46.3 Å². The van der Waals surface area contributed by atoms with Gasteiger partial charge in [-0.15, -0.1) is 0 Å². The Morgan fingerprint density at radius 2 is 1.77 bits per heavy atom. The topological polar surface area (TPSA) is 312 Å². The quantitative estimate of drug-likeness (QED) is 0.0304. The zero-order valence-corrected chi connectivity index (χ0v) is 31.7. The van der Waals surface area contributed by atoms with Gasteiger partial charge in [-0.05, 0) is 18.6 Å². The molecule has 6 rings (SSSR count). The number of fused-ring (bicyclic) bond motifs is 1. The number of nitrogen functional groups attached to an aromatic ring is 1. The Hall–Kier alpha value is -5.39. The van der Waals surface area contributed by atoms with Crippen LogP contribution in [0.2, 0.25) is 9.36 Å². The number of Topliss-reactive ketones (excluding diaryl/α,β-unsaturated/α-hetero) is 2. The Morgan fingerprint density at radius 3 is 2.39 bits per heavy atom. The lowest BCUT2D eigenvalue weighted by Gasteiger charge is -2.40. The number of thioether (sulfide) groups is 1. The van der Waals surface area contributed by atoms with Crippen molar-refractivity contribution < 1.29 is 63.6 Å². The highest BCUT2D eigenvalue weighted by Crippen LogP contribution is 2.53. The smallest absolute Gasteiger partial charge is 0.350 e. The number of carbonyl (C=O) groups is 8. The van der Waals surface area contributed by atoms with Crippen molar-refractivity contribution in [1.29, 1.82) is 0 Å². The number of carbonyl (C=O) groups excluding carboxylic acids is 6. The Kier molecular flexibility index (Phi) is 11.0. The van der Waals surface area contributed by atoms with E-state index in [4.69, 9.17) is 33.8 Å². The van der Waals surface area contributed by atoms with Crippen LogP contribution in [0.5, 0.6) is 11.5 Å². The number of aliphatic carboxylic acids is 2. The van der Waals surface area contributed by atoms with Gasteiger partial charge < -0.3 is 41.2 Å². The summed E-state index contributed by atoms with van der Waals surface area (Å²) in [5, 5.41) is 44.7. The SMILES string of the molecule is Nc1nc(/C(=N/OC2(C(=O)O)CC2)C(=O)CC2C(=O)N3C[C@@](C(=O)O)(N4CCN(NC(=O)C(=O)CCCNC(=O)c5ccc(O)c(O)c5Cl)C4=O)S[C@H]23)c(Cl)s1. The van der Waals surface area contributed by atoms with E-state index in [1.54, 1.807) is 0 Å². The average molecular weight is 858 g/mol. The van der Waals surface area contributed by atoms with Crippen LogP contribution in [0, 0.1) is 5.92 Å². The molecule has 1 unspecified atom stereocenters. The maximum Gasteiger partial charge on any atom is 0.350 e. The van der Waals surface area contributed by atoms with Crippen molar-refractivity contribution in [3.63, 3.8) is 0 Å². The standard InChI is InChI=1S/C31H30Cl2N8O13S2/c32-17-12(3-4-14(42)20(17)45)22(46)35-7-1-2-15(43)23(47)37-41-9-8-40(29(41)53)31(27(51)52)11-39-24(48)13(25(39)56-31)10-16(44)18(19-21(33)55-28(34)36-19)38-54-30(5-6-30)26(49)50/h3-4,13,25,42,45H,1-2,5-11H2,(H2,34,36)(H,35,46)(H,37,47)(H,49,50)(H,51,52)/b38-18+/t13?,25-,31-/m1/s1. The third kappa shape index (κ3) is 7.33. The summed E-state index contributed by atoms with van der Waals surface area (Å²) < 4.78 is -0.0465. The molecule has 1 aliphatic carbocycles. The Bertz CT molecular complexity index is 2110. The molecule has 25 heteroatoms. The molecule has 8 N–H and O–H groups in total. The molecule has 3 atom stereocenters. The number of nitrogens with zero attached hydrogens (tertiary/aromatic N) is 5. The fourth-order valence-electron chi connectivity index (χ4n) is 6.07. The molecular weight excluding hydrogens is 827 g/mol. The highest BCUT2D eigenvalue weighted by Gasteiger charge is 2.66. The zero-order chi connectivity index (χ0) is 40.9. The minimum absolute atomic E-state index is 0.0121. The van der Waals surface area contributed by atoms with Gasteiger partial charge in [0.1, 0.15) is 10.0 Å². The summed E-state index contributed by atoms with van der Waals surface area (Å²) in [6.07, 6.45) is -0.639. The maximum atomic E-state index is 13.6. The third-order valence-electron chi connectivity index (χ3n) is 9.33. The molecule has 0 bridgehead atoms. The summed E-state index contributed by atoms with van der Waals surface area (Å²) >= 11 is 13.6. The number of phenolic OH excluding ortho intramolecular Hbond substituents is 2. The van der Waals surface area contributed by atoms with Crippen molar-refractivity contribution in [3.05, 3.63) is 32.7 Å². The lowest BCUT2D eigenvalue weighted by atomic mass is 9.90. The number of β-lactam (4-membered cyclic amide) rings is 1. The second-order valence-electron chi connectivity index (χ2n) is 12.9. The van der Waals surface area contributed by atoms with Crippen LogP contribution in [-0.2, 0) is 33.6 Å². The van der Waals surface area contributed by atoms with Gasteiger partial charge in [0.05, 0.1) is 35.0 Å². The number of hydrogen-bond acceptors (Lipinski definition) is 16. The molecule has 4 heterocycles. The number of oxime groups is 1. The van der Waals surface area contributed by atoms with Crippen molar-refractivity contribution in [1.82, 2.24) is 30.5 Å². The number of hydrazine groups is 1. The number of amides is 5. The molecule has 2 aromatic rings. The van der Waals surface area contributed by atoms with Crippen LogP contribution < -0.4 is 16.5 Å². The van der Waals surface area contributed by atoms with Crippen LogP contribution in [0.15, 0.2) is 17.3 Å². The molecule has 5 amide bonds. The third-order valence-corrected chi connectivity index (χ3v) is 12.5. The number of anilines is 1. The molecule has 298 valence electrons. The molecule has 1 aromatic heterocycles. The van der Waals surface area contributed by atoms with E-state index in [0.29, 0.717) is 0 Å². The fraction of sp³-hybridized carbons (Fsp3) is 0.419. The largest absolute Gasteiger partial charge is 0.504 e. The summed E-state index contributed by atoms with van der Waals surface area (Å²) in [6, 6.07) is 1.27. The average Bonchev–Trinajstić information content (AvgIpc) is 3.59. The van der Waals surface area contributed by atoms with Gasteiger partial charge in [-0.25, -0.2) is 24.4 Å². The Labute approximate surface area is 332 Å². The number of phenols is 2. The predicted octanol–water partition coefficient (Wildman–Crippen LogP) is 0.601. The van der Waals surface area contributed by atoms with Crippen LogP contribution in [0.1, 0.15) is 48.2 Å². The molecule has 0 spiro atoms. The summed E-state index contributed by atoms with van der Waals surface area (Å²) in [4.78, 5) is 112. The highest BCUT2D eigenvalue weighted by atomic mass is 35.5. The van der Waals surface area contributed by atoms with Crippen molar-refractivity contribution in [2.24, 2.45) is 11.1 Å². The number of nitrogens with two attached hydrogens (primary N) is 1. The van der Waals surface area contributed by atoms with Crippen molar-refractivity contribution in [2.75, 3.05) is 31.9 Å². The van der Waals surface area contributed by atoms with E-state index in [2.05, 4.69) is 20.9 Å². The minimum Gasteiger partial charge on any atom is -0.504 e. The van der Waals surface area contributed by atoms with E-state index >= 15 is 0 Å². The number of thiazole rings is 1. The first-order chi connectivity index (χ1) is 26.4. The van der Waals surface area contributed by atoms with Gasteiger partial charge in [-0.3, -0.25) is 34.3 Å². The number of nitrogens with one attached hydrogen (secondary N) is 2. The monoisotopic (exact) mass is 856 g/mol. The van der Waals surface area contributed by atoms with E-state index in [0.717, 1.165) is 39.1 Å². The number of ketones is 2. The van der Waals surface area contributed by atoms with Crippen LogP contribution in [0.3, 0.4) is 0 Å². The second kappa shape index (κ2) is 15.3. The summed E-state index contributed by atoms with van der Waals surface area (Å²) in [5.41, 5.74) is 5.46. The van der Waals surface area contributed by atoms with Gasteiger partial charge >= 0.3 is 23.9 Å². The Morgan fingerprint density at radius 1 is 1.05 bits per heavy atom. The first-order valence-electron chi connectivity index (χ1n) is 16.5. The number of carboxylic acid groups (broad SMARTS) is 2. The van der Waals surface area contributed by atoms with Crippen molar-refractivity contribution in [3.8, 4) is 11.5 Å². The second-order valence-corrected chi connectivity index (χ2v) is 16.3. The number of hydrogen-bond donors (Lipinski definition) is 7. The Balaban J connectivity index is 1.05. The number of aromatic nitrogens is 1. The normalized spacial score (nSPS) is 22.3. The van der Waals surface area contributed by atoms with Gasteiger partial charge in [0.15, 0.2) is 28.1 Å². The molecule has 1 aromatic carbocycles. The number of carboxylic acids is 2. The first-order valence-corrected chi connectivity index (χ1v) is 18.9. The van der Waals surface area contributed by atoms with Gasteiger partial charge in [0.2, 0.25) is 22.2 Å². The van der Waals surface area contributed by atoms with Crippen molar-refractivity contribution in [2.45, 2.75) is 47.9 Å². The molecule has 1 saturated carbocycles. The zero-order valence-electron chi connectivity index (χ0n) is 28.5. The summed E-state index contributed by atoms with van der Waals surface area (Å²) in [6.45, 7) is -1.00. The molecule has 3 saturated heterocycles. The molecule has 3 aliphatic heterocycles. The van der Waals surface area contributed by atoms with E-state index < -0.39 is 99.2 Å². The predicted molar refractivity (Wildman–Crippen MR) is 194 cm³/mol. The van der Waals surface area contributed by atoms with Gasteiger partial charge in [0, 0.05) is 38.8 Å². The molecule has 4 fully saturated rings. The number of halogens is 2. The number of benzene rings is 1. The van der Waals surface area contributed by atoms with Gasteiger partial charge in [0.25, 0.3) is 5.91 Å². The summed E-state index contributed by atoms with van der Waals surface area (Å²) in [5.74, 6) is -9.36. The van der Waals surface area contributed by atoms with Crippen molar-refractivity contribution >= 4 is 104 Å². The lowest BCUT2D eigenvalue weighted by Crippen LogP contribution is -2.60. The number of rotatable bonds is 16. The summed E-state index contributed by atoms with van der Waals surface area (Å²) in [7, 11) is 0. The van der Waals surface area contributed by atoms with Gasteiger partial charge in [-0.2, -0.15) is 0 Å². The number of urea groups is 1. The van der Waals surface area contributed by atoms with Gasteiger partial charge in [-0.1, -0.05) is 51.5 Å². The van der Waals surface area contributed by atoms with E-state index in [9.17, 15) is 58.8 Å².